The maximum absolute atomic E-state index is 11.0. The molecule has 0 saturated carbocycles. The molecule has 1 N–H and O–H groups in total. The monoisotopic (exact) mass is 552 g/mol. The molecule has 5 rings (SSSR count). The van der Waals surface area contributed by atoms with Crippen LogP contribution >= 0.6 is 0 Å². The molecule has 5 aromatic rings. The molecule has 0 fully saturated rings. The van der Waals surface area contributed by atoms with Crippen molar-refractivity contribution in [2.24, 2.45) is 0 Å². The third kappa shape index (κ3) is 7.75. The summed E-state index contributed by atoms with van der Waals surface area (Å²) >= 11 is 0. The first kappa shape index (κ1) is 30.3. The molecule has 0 aromatic heterocycles. The van der Waals surface area contributed by atoms with Crippen LogP contribution in [0, 0.1) is 0 Å². The second-order valence-corrected chi connectivity index (χ2v) is 11.3. The van der Waals surface area contributed by atoms with Gasteiger partial charge in [0.1, 0.15) is 12.7 Å². The lowest BCUT2D eigenvalue weighted by Gasteiger charge is -2.44. The number of amides is 1. The molecule has 0 heterocycles. The number of nitrogens with one attached hydrogen (secondary N) is 1. The molecule has 0 aliphatic heterocycles. The number of hydrogen-bond acceptors (Lipinski definition) is 1. The zero-order valence-electron chi connectivity index (χ0n) is 24.8. The zero-order chi connectivity index (χ0) is 29.7. The van der Waals surface area contributed by atoms with Gasteiger partial charge < -0.3 is 9.80 Å². The normalized spacial score (nSPS) is 11.1. The largest absolute Gasteiger partial charge is 0.347 e. The third-order valence-electron chi connectivity index (χ3n) is 7.85. The standard InChI is InChI=1S/C24H20B.C14H20N2O/c1-5-13-21(14-6-1)25(22-15-7-2-8-16-22,23-17-9-3-10-18-23)24-19-11-4-12-20-24;1-4-14(17)15-10-11-16(2,3)12-13-8-6-5-7-9-13/h1-20H;4-9H,1,10-12H2,2-3H3/q-1;/p+1. The van der Waals surface area contributed by atoms with Crippen molar-refractivity contribution in [3.05, 3.63) is 170 Å². The first-order chi connectivity index (χ1) is 20.5. The fourth-order valence-electron chi connectivity index (χ4n) is 5.83. The average Bonchev–Trinajstić information content (AvgIpc) is 3.04. The van der Waals surface area contributed by atoms with Crippen molar-refractivity contribution >= 4 is 33.9 Å². The minimum atomic E-state index is -1.22. The van der Waals surface area contributed by atoms with Gasteiger partial charge in [0.25, 0.3) is 0 Å². The Morgan fingerprint density at radius 2 is 0.952 bits per heavy atom. The van der Waals surface area contributed by atoms with Gasteiger partial charge in [-0.1, -0.05) is 158 Å². The van der Waals surface area contributed by atoms with Crippen LogP contribution in [0.5, 0.6) is 0 Å². The number of carbonyl (C=O) groups is 1. The van der Waals surface area contributed by atoms with E-state index in [1.165, 1.54) is 33.5 Å². The van der Waals surface area contributed by atoms with Crippen molar-refractivity contribution in [1.29, 1.82) is 0 Å². The summed E-state index contributed by atoms with van der Waals surface area (Å²) in [5.41, 5.74) is 6.67. The van der Waals surface area contributed by atoms with Crippen LogP contribution in [0.25, 0.3) is 0 Å². The first-order valence-electron chi connectivity index (χ1n) is 14.6. The van der Waals surface area contributed by atoms with E-state index >= 15 is 0 Å². The summed E-state index contributed by atoms with van der Waals surface area (Å²) in [6, 6.07) is 53.9. The fourth-order valence-corrected chi connectivity index (χ4v) is 5.83. The second kappa shape index (κ2) is 14.8. The van der Waals surface area contributed by atoms with Crippen LogP contribution in [-0.4, -0.2) is 43.7 Å². The van der Waals surface area contributed by atoms with E-state index in [-0.39, 0.29) is 5.91 Å². The van der Waals surface area contributed by atoms with Gasteiger partial charge in [-0.3, -0.25) is 4.79 Å². The second-order valence-electron chi connectivity index (χ2n) is 11.3. The van der Waals surface area contributed by atoms with Gasteiger partial charge >= 0.3 is 0 Å². The Hall–Kier alpha value is -4.67. The summed E-state index contributed by atoms with van der Waals surface area (Å²) in [5.74, 6) is -0.107. The van der Waals surface area contributed by atoms with Crippen LogP contribution in [0.2, 0.25) is 0 Å². The number of likely N-dealkylation sites (N-methyl/N-ethyl adjacent to an activating group) is 1. The van der Waals surface area contributed by atoms with Crippen LogP contribution in [0.4, 0.5) is 0 Å². The highest BCUT2D eigenvalue weighted by Gasteiger charge is 2.31. The quantitative estimate of drug-likeness (QED) is 0.153. The van der Waals surface area contributed by atoms with Crippen LogP contribution in [0.3, 0.4) is 0 Å². The van der Waals surface area contributed by atoms with E-state index in [0.29, 0.717) is 6.54 Å². The Morgan fingerprint density at radius 3 is 1.29 bits per heavy atom. The molecule has 0 atom stereocenters. The van der Waals surface area contributed by atoms with Gasteiger partial charge in [0.15, 0.2) is 0 Å². The van der Waals surface area contributed by atoms with E-state index in [1.54, 1.807) is 0 Å². The Balaban J connectivity index is 0.000000209. The number of benzene rings is 5. The Kier molecular flexibility index (Phi) is 10.7. The van der Waals surface area contributed by atoms with Crippen LogP contribution in [0.15, 0.2) is 164 Å². The molecule has 0 spiro atoms. The third-order valence-corrected chi connectivity index (χ3v) is 7.85. The van der Waals surface area contributed by atoms with Gasteiger partial charge in [0.2, 0.25) is 5.91 Å². The van der Waals surface area contributed by atoms with Crippen LogP contribution in [0.1, 0.15) is 5.56 Å². The highest BCUT2D eigenvalue weighted by molar-refractivity contribution is 7.19. The smallest absolute Gasteiger partial charge is 0.243 e. The van der Waals surface area contributed by atoms with Crippen LogP contribution in [-0.2, 0) is 11.3 Å². The van der Waals surface area contributed by atoms with Gasteiger partial charge in [-0.15, -0.1) is 0 Å². The minimum absolute atomic E-state index is 0.107. The van der Waals surface area contributed by atoms with Crippen molar-refractivity contribution in [3.8, 4) is 0 Å². The van der Waals surface area contributed by atoms with Gasteiger partial charge in [0, 0.05) is 5.56 Å². The van der Waals surface area contributed by atoms with Gasteiger partial charge in [-0.05, 0) is 6.08 Å². The molecule has 1 amide bonds. The summed E-state index contributed by atoms with van der Waals surface area (Å²) in [4.78, 5) is 11.0. The summed E-state index contributed by atoms with van der Waals surface area (Å²) in [5, 5.41) is 2.80. The highest BCUT2D eigenvalue weighted by atomic mass is 16.1. The molecule has 0 unspecified atom stereocenters. The van der Waals surface area contributed by atoms with E-state index in [9.17, 15) is 4.79 Å². The number of nitrogens with zero attached hydrogens (tertiary/aromatic N) is 1. The molecular weight excluding hydrogens is 511 g/mol. The molecule has 0 aliphatic carbocycles. The van der Waals surface area contributed by atoms with Crippen LogP contribution < -0.4 is 27.2 Å². The summed E-state index contributed by atoms with van der Waals surface area (Å²) in [6.07, 6.45) is 0.0872. The Labute approximate surface area is 251 Å². The lowest BCUT2D eigenvalue weighted by Crippen LogP contribution is -2.74. The van der Waals surface area contributed by atoms with E-state index in [1.807, 2.05) is 6.07 Å². The van der Waals surface area contributed by atoms with Crippen molar-refractivity contribution in [3.63, 3.8) is 0 Å². The zero-order valence-corrected chi connectivity index (χ0v) is 24.8. The Bertz CT molecular complexity index is 1340. The molecule has 0 radical (unpaired) electrons. The molecule has 0 aliphatic rings. The Morgan fingerprint density at radius 1 is 0.619 bits per heavy atom. The van der Waals surface area contributed by atoms with Crippen molar-refractivity contribution < 1.29 is 9.28 Å². The van der Waals surface area contributed by atoms with Crippen molar-refractivity contribution in [2.75, 3.05) is 27.2 Å². The molecule has 3 nitrogen and oxygen atoms in total. The van der Waals surface area contributed by atoms with Gasteiger partial charge in [-0.2, -0.15) is 21.9 Å². The lowest BCUT2D eigenvalue weighted by atomic mass is 9.13. The maximum Gasteiger partial charge on any atom is 0.243 e. The van der Waals surface area contributed by atoms with E-state index < -0.39 is 6.15 Å². The maximum atomic E-state index is 11.0. The fraction of sp³-hybridized carbons (Fsp3) is 0.132. The predicted octanol–water partition coefficient (Wildman–Crippen LogP) is 4.63. The number of quaternary nitrogens is 1. The summed E-state index contributed by atoms with van der Waals surface area (Å²) < 4.78 is 0.849. The minimum Gasteiger partial charge on any atom is -0.347 e. The number of hydrogen-bond donors (Lipinski definition) is 1. The summed E-state index contributed by atoms with van der Waals surface area (Å²) in [7, 11) is 4.32. The van der Waals surface area contributed by atoms with Gasteiger partial charge in [0.05, 0.1) is 27.2 Å². The molecule has 42 heavy (non-hydrogen) atoms. The van der Waals surface area contributed by atoms with E-state index in [0.717, 1.165) is 17.6 Å². The SMILES string of the molecule is C=CC(=O)NCC[N+](C)(C)Cc1ccccc1.c1ccc([B-](c2ccccc2)(c2ccccc2)c2ccccc2)cc1. The molecule has 0 bridgehead atoms. The van der Waals surface area contributed by atoms with E-state index in [2.05, 4.69) is 172 Å². The van der Waals surface area contributed by atoms with Crippen molar-refractivity contribution in [1.82, 2.24) is 5.32 Å². The molecule has 5 aromatic carbocycles. The van der Waals surface area contributed by atoms with Gasteiger partial charge in [-0.25, -0.2) is 0 Å². The summed E-state index contributed by atoms with van der Waals surface area (Å²) in [6.45, 7) is 5.96. The number of carbonyl (C=O) groups excluding carboxylic acids is 1. The average molecular weight is 553 g/mol. The predicted molar refractivity (Wildman–Crippen MR) is 180 cm³/mol. The highest BCUT2D eigenvalue weighted by Crippen LogP contribution is 2.10. The lowest BCUT2D eigenvalue weighted by molar-refractivity contribution is -0.902. The molecule has 4 heteroatoms. The molecular formula is C38H41BN2O. The topological polar surface area (TPSA) is 29.1 Å². The number of rotatable bonds is 10. The van der Waals surface area contributed by atoms with Crippen molar-refractivity contribution in [2.45, 2.75) is 6.54 Å². The van der Waals surface area contributed by atoms with E-state index in [4.69, 9.17) is 0 Å². The first-order valence-corrected chi connectivity index (χ1v) is 14.6. The molecule has 212 valence electrons. The molecule has 0 saturated heterocycles.